The van der Waals surface area contributed by atoms with Gasteiger partial charge in [0.1, 0.15) is 0 Å². The van der Waals surface area contributed by atoms with Crippen LogP contribution in [0.2, 0.25) is 0 Å². The number of rotatable bonds is 3. The zero-order valence-electron chi connectivity index (χ0n) is 10.9. The Hall–Kier alpha value is -3.15. The van der Waals surface area contributed by atoms with Crippen molar-refractivity contribution in [2.75, 3.05) is 0 Å². The number of nitro benzene ring substituents is 1. The van der Waals surface area contributed by atoms with Crippen LogP contribution in [-0.2, 0) is 0 Å². The van der Waals surface area contributed by atoms with Crippen molar-refractivity contribution >= 4 is 5.69 Å². The number of nitrogens with zero attached hydrogens (tertiary/aromatic N) is 2. The fourth-order valence-corrected chi connectivity index (χ4v) is 2.13. The van der Waals surface area contributed by atoms with Gasteiger partial charge in [0.25, 0.3) is 11.2 Å². The molecule has 1 aromatic heterocycles. The Kier molecular flexibility index (Phi) is 3.12. The lowest BCUT2D eigenvalue weighted by Crippen LogP contribution is -2.15. The molecule has 0 bridgehead atoms. The van der Waals surface area contributed by atoms with Crippen LogP contribution in [-0.4, -0.2) is 14.7 Å². The SMILES string of the molecule is O=c1c(-c2ccccc2)c[nH]n1-c1cccc([N+](=O)[O-])c1. The first kappa shape index (κ1) is 12.9. The van der Waals surface area contributed by atoms with Crippen molar-refractivity contribution in [3.05, 3.63) is 81.3 Å². The molecule has 3 rings (SSSR count). The molecule has 0 aliphatic heterocycles. The summed E-state index contributed by atoms with van der Waals surface area (Å²) in [6.07, 6.45) is 1.59. The topological polar surface area (TPSA) is 80.9 Å². The van der Waals surface area contributed by atoms with Gasteiger partial charge in [-0.2, -0.15) is 0 Å². The third kappa shape index (κ3) is 2.34. The van der Waals surface area contributed by atoms with Gasteiger partial charge >= 0.3 is 0 Å². The minimum absolute atomic E-state index is 0.0599. The smallest absolute Gasteiger partial charge is 0.279 e. The van der Waals surface area contributed by atoms with Gasteiger partial charge < -0.3 is 0 Å². The van der Waals surface area contributed by atoms with Gasteiger partial charge in [0.2, 0.25) is 0 Å². The molecular weight excluding hydrogens is 270 g/mol. The van der Waals surface area contributed by atoms with Crippen molar-refractivity contribution in [2.24, 2.45) is 0 Å². The molecule has 0 unspecified atom stereocenters. The van der Waals surface area contributed by atoms with Crippen LogP contribution in [0.25, 0.3) is 16.8 Å². The Bertz CT molecular complexity index is 850. The minimum atomic E-state index is -0.490. The lowest BCUT2D eigenvalue weighted by atomic mass is 10.1. The number of hydrogen-bond acceptors (Lipinski definition) is 3. The van der Waals surface area contributed by atoms with E-state index in [4.69, 9.17) is 0 Å². The first-order chi connectivity index (χ1) is 10.2. The summed E-state index contributed by atoms with van der Waals surface area (Å²) in [7, 11) is 0. The number of aromatic nitrogens is 2. The van der Waals surface area contributed by atoms with E-state index in [2.05, 4.69) is 5.10 Å². The van der Waals surface area contributed by atoms with Gasteiger partial charge in [0, 0.05) is 18.3 Å². The number of benzene rings is 2. The molecule has 6 nitrogen and oxygen atoms in total. The highest BCUT2D eigenvalue weighted by Gasteiger charge is 2.12. The van der Waals surface area contributed by atoms with E-state index in [-0.39, 0.29) is 11.2 Å². The molecule has 0 saturated heterocycles. The third-order valence-corrected chi connectivity index (χ3v) is 3.16. The van der Waals surface area contributed by atoms with Crippen LogP contribution in [0.1, 0.15) is 0 Å². The van der Waals surface area contributed by atoms with Crippen molar-refractivity contribution in [3.63, 3.8) is 0 Å². The second-order valence-corrected chi connectivity index (χ2v) is 4.47. The summed E-state index contributed by atoms with van der Waals surface area (Å²) in [6, 6.07) is 15.2. The summed E-state index contributed by atoms with van der Waals surface area (Å²) >= 11 is 0. The van der Waals surface area contributed by atoms with Crippen molar-refractivity contribution in [1.29, 1.82) is 0 Å². The molecule has 0 aliphatic carbocycles. The van der Waals surface area contributed by atoms with Gasteiger partial charge in [-0.15, -0.1) is 0 Å². The first-order valence-corrected chi connectivity index (χ1v) is 6.27. The largest absolute Gasteiger partial charge is 0.298 e. The van der Waals surface area contributed by atoms with Crippen LogP contribution >= 0.6 is 0 Å². The molecule has 0 amide bonds. The molecule has 1 N–H and O–H groups in total. The van der Waals surface area contributed by atoms with Crippen LogP contribution < -0.4 is 5.56 Å². The van der Waals surface area contributed by atoms with E-state index in [1.807, 2.05) is 30.3 Å². The summed E-state index contributed by atoms with van der Waals surface area (Å²) in [5.74, 6) is 0. The van der Waals surface area contributed by atoms with Crippen molar-refractivity contribution in [2.45, 2.75) is 0 Å². The average molecular weight is 281 g/mol. The van der Waals surface area contributed by atoms with Crippen molar-refractivity contribution in [3.8, 4) is 16.8 Å². The standard InChI is InChI=1S/C15H11N3O3/c19-15-14(11-5-2-1-3-6-11)10-16-17(15)12-7-4-8-13(9-12)18(20)21/h1-10,16H. The molecule has 104 valence electrons. The molecular formula is C15H11N3O3. The predicted molar refractivity (Wildman–Crippen MR) is 78.5 cm³/mol. The second-order valence-electron chi connectivity index (χ2n) is 4.47. The second kappa shape index (κ2) is 5.09. The van der Waals surface area contributed by atoms with Crippen molar-refractivity contribution in [1.82, 2.24) is 9.78 Å². The maximum atomic E-state index is 12.4. The Balaban J connectivity index is 2.10. The summed E-state index contributed by atoms with van der Waals surface area (Å²) in [5.41, 5.74) is 1.43. The number of aromatic amines is 1. The zero-order chi connectivity index (χ0) is 14.8. The number of H-pyrrole nitrogens is 1. The first-order valence-electron chi connectivity index (χ1n) is 6.27. The van der Waals surface area contributed by atoms with E-state index in [1.54, 1.807) is 18.3 Å². The van der Waals surface area contributed by atoms with Gasteiger partial charge in [-0.3, -0.25) is 20.0 Å². The van der Waals surface area contributed by atoms with E-state index in [0.29, 0.717) is 11.3 Å². The highest BCUT2D eigenvalue weighted by atomic mass is 16.6. The van der Waals surface area contributed by atoms with E-state index >= 15 is 0 Å². The van der Waals surface area contributed by atoms with E-state index < -0.39 is 4.92 Å². The molecule has 6 heteroatoms. The normalized spacial score (nSPS) is 10.5. The molecule has 2 aromatic carbocycles. The molecule has 1 heterocycles. The monoisotopic (exact) mass is 281 g/mol. The van der Waals surface area contributed by atoms with E-state index in [9.17, 15) is 14.9 Å². The Labute approximate surface area is 119 Å². The summed E-state index contributed by atoms with van der Waals surface area (Å²) < 4.78 is 1.29. The highest BCUT2D eigenvalue weighted by Crippen LogP contribution is 2.18. The van der Waals surface area contributed by atoms with Gasteiger partial charge in [0.05, 0.1) is 16.2 Å². The summed E-state index contributed by atoms with van der Waals surface area (Å²) in [5, 5.41) is 13.6. The maximum Gasteiger partial charge on any atom is 0.279 e. The van der Waals surface area contributed by atoms with Gasteiger partial charge in [-0.1, -0.05) is 36.4 Å². The van der Waals surface area contributed by atoms with Gasteiger partial charge in [-0.25, -0.2) is 4.68 Å². The van der Waals surface area contributed by atoms with Crippen LogP contribution in [0.5, 0.6) is 0 Å². The molecule has 0 radical (unpaired) electrons. The van der Waals surface area contributed by atoms with Crippen LogP contribution in [0.4, 0.5) is 5.69 Å². The number of hydrogen-bond donors (Lipinski definition) is 1. The van der Waals surface area contributed by atoms with Crippen LogP contribution in [0.15, 0.2) is 65.6 Å². The molecule has 3 aromatic rings. The quantitative estimate of drug-likeness (QED) is 0.592. The highest BCUT2D eigenvalue weighted by molar-refractivity contribution is 5.62. The minimum Gasteiger partial charge on any atom is -0.298 e. The fraction of sp³-hybridized carbons (Fsp3) is 0. The lowest BCUT2D eigenvalue weighted by molar-refractivity contribution is -0.384. The molecule has 0 aliphatic rings. The number of nitrogens with one attached hydrogen (secondary N) is 1. The predicted octanol–water partition coefficient (Wildman–Crippen LogP) is 2.74. The maximum absolute atomic E-state index is 12.4. The van der Waals surface area contributed by atoms with Crippen molar-refractivity contribution < 1.29 is 4.92 Å². The molecule has 0 saturated carbocycles. The molecule has 0 atom stereocenters. The van der Waals surface area contributed by atoms with E-state index in [0.717, 1.165) is 5.56 Å². The molecule has 0 spiro atoms. The van der Waals surface area contributed by atoms with Crippen LogP contribution in [0, 0.1) is 10.1 Å². The third-order valence-electron chi connectivity index (χ3n) is 3.16. The van der Waals surface area contributed by atoms with Gasteiger partial charge in [0.15, 0.2) is 0 Å². The van der Waals surface area contributed by atoms with Gasteiger partial charge in [-0.05, 0) is 11.6 Å². The summed E-state index contributed by atoms with van der Waals surface area (Å²) in [6.45, 7) is 0. The number of non-ortho nitro benzene ring substituents is 1. The lowest BCUT2D eigenvalue weighted by Gasteiger charge is -2.00. The molecule has 21 heavy (non-hydrogen) atoms. The van der Waals surface area contributed by atoms with Crippen LogP contribution in [0.3, 0.4) is 0 Å². The van der Waals surface area contributed by atoms with E-state index in [1.165, 1.54) is 16.8 Å². The average Bonchev–Trinajstić information content (AvgIpc) is 2.90. The Morgan fingerprint density at radius 1 is 1.05 bits per heavy atom. The zero-order valence-corrected chi connectivity index (χ0v) is 10.9. The Morgan fingerprint density at radius 3 is 2.52 bits per heavy atom. The number of nitro groups is 1. The fourth-order valence-electron chi connectivity index (χ4n) is 2.13. The summed E-state index contributed by atoms with van der Waals surface area (Å²) in [4.78, 5) is 22.7. The Morgan fingerprint density at radius 2 is 1.81 bits per heavy atom. The molecule has 0 fully saturated rings.